The summed E-state index contributed by atoms with van der Waals surface area (Å²) in [6, 6.07) is 0. The summed E-state index contributed by atoms with van der Waals surface area (Å²) in [7, 11) is 0. The molecule has 1 N–H and O–H groups in total. The summed E-state index contributed by atoms with van der Waals surface area (Å²) in [5.74, 6) is 4.58. The molecule has 200 valence electrons. The largest absolute Gasteiger partial charge is 0.431 e. The van der Waals surface area contributed by atoms with E-state index in [0.717, 1.165) is 44.4 Å². The van der Waals surface area contributed by atoms with Crippen molar-refractivity contribution in [2.24, 2.45) is 46.3 Å². The Morgan fingerprint density at radius 1 is 1.08 bits per heavy atom. The van der Waals surface area contributed by atoms with Crippen LogP contribution in [0.25, 0.3) is 0 Å². The third-order valence-electron chi connectivity index (χ3n) is 12.3. The molecule has 0 bridgehead atoms. The lowest BCUT2D eigenvalue weighted by Crippen LogP contribution is -2.57. The van der Waals surface area contributed by atoms with Crippen molar-refractivity contribution in [1.29, 1.82) is 0 Å². The Balaban J connectivity index is 1.26. The van der Waals surface area contributed by atoms with Crippen LogP contribution in [0, 0.1) is 46.3 Å². The lowest BCUT2D eigenvalue weighted by Gasteiger charge is -2.58. The Labute approximate surface area is 217 Å². The van der Waals surface area contributed by atoms with Gasteiger partial charge in [0.25, 0.3) is 0 Å². The Morgan fingerprint density at radius 2 is 1.89 bits per heavy atom. The third-order valence-corrected chi connectivity index (χ3v) is 12.3. The molecule has 6 aliphatic rings. The fourth-order valence-electron chi connectivity index (χ4n) is 10.8. The Hall–Kier alpha value is -1.20. The van der Waals surface area contributed by atoms with Crippen LogP contribution in [0.5, 0.6) is 0 Å². The van der Waals surface area contributed by atoms with Gasteiger partial charge in [0.15, 0.2) is 0 Å². The SMILES string of the molecule is CC(=O)CC1CCC2(NC1)OC1CC3C4CC(OC(C)=O)=C5CCCCC5(C)C4CCC3(C)C1C2C. The standard InChI is InChI=1S/C31H47NO4/c1-18(33)14-21-9-13-31(32-17-21)19(2)28-27(36-31)16-25-22-15-26(35-20(3)34)24-8-6-7-11-29(24,4)23(22)10-12-30(25,28)5/h19,21-23,25,27-28,32H,6-17H2,1-5H3. The van der Waals surface area contributed by atoms with E-state index in [1.54, 1.807) is 13.8 Å². The van der Waals surface area contributed by atoms with Crippen LogP contribution in [-0.2, 0) is 19.1 Å². The number of allylic oxidation sites excluding steroid dienone is 2. The maximum absolute atomic E-state index is 12.1. The van der Waals surface area contributed by atoms with Gasteiger partial charge in [-0.15, -0.1) is 0 Å². The monoisotopic (exact) mass is 497 g/mol. The normalized spacial score (nSPS) is 49.8. The number of carbonyl (C=O) groups excluding carboxylic acids is 2. The molecule has 0 amide bonds. The minimum atomic E-state index is -0.217. The molecule has 0 aromatic carbocycles. The average molecular weight is 498 g/mol. The molecule has 5 fully saturated rings. The molecular weight excluding hydrogens is 450 g/mol. The first kappa shape index (κ1) is 25.1. The van der Waals surface area contributed by atoms with Gasteiger partial charge in [0.2, 0.25) is 0 Å². The molecule has 10 unspecified atom stereocenters. The van der Waals surface area contributed by atoms with E-state index < -0.39 is 0 Å². The highest BCUT2D eigenvalue weighted by atomic mass is 16.5. The van der Waals surface area contributed by atoms with Gasteiger partial charge in [0.1, 0.15) is 17.3 Å². The Bertz CT molecular complexity index is 964. The van der Waals surface area contributed by atoms with Crippen molar-refractivity contribution in [3.8, 4) is 0 Å². The smallest absolute Gasteiger partial charge is 0.307 e. The number of Topliss-reactive ketones (excluding diaryl/α,β-unsaturated/α-hetero) is 1. The molecule has 36 heavy (non-hydrogen) atoms. The lowest BCUT2D eigenvalue weighted by molar-refractivity contribution is -0.140. The molecule has 3 saturated carbocycles. The van der Waals surface area contributed by atoms with Gasteiger partial charge in [-0.1, -0.05) is 27.2 Å². The molecule has 4 aliphatic carbocycles. The predicted molar refractivity (Wildman–Crippen MR) is 139 cm³/mol. The number of ether oxygens (including phenoxy) is 2. The third kappa shape index (κ3) is 3.61. The van der Waals surface area contributed by atoms with E-state index in [2.05, 4.69) is 26.1 Å². The topological polar surface area (TPSA) is 64.6 Å². The van der Waals surface area contributed by atoms with E-state index in [0.29, 0.717) is 53.8 Å². The summed E-state index contributed by atoms with van der Waals surface area (Å²) < 4.78 is 13.0. The Morgan fingerprint density at radius 3 is 2.58 bits per heavy atom. The molecule has 1 spiro atoms. The van der Waals surface area contributed by atoms with Crippen LogP contribution in [-0.4, -0.2) is 30.1 Å². The van der Waals surface area contributed by atoms with Gasteiger partial charge in [-0.25, -0.2) is 0 Å². The molecule has 6 rings (SSSR count). The fourth-order valence-corrected chi connectivity index (χ4v) is 10.8. The number of esters is 1. The number of hydrogen-bond donors (Lipinski definition) is 1. The van der Waals surface area contributed by atoms with Crippen LogP contribution in [0.15, 0.2) is 11.3 Å². The van der Waals surface area contributed by atoms with Gasteiger partial charge in [-0.3, -0.25) is 10.1 Å². The number of ketones is 1. The number of fused-ring (bicyclic) bond motifs is 7. The van der Waals surface area contributed by atoms with Crippen molar-refractivity contribution in [2.75, 3.05) is 6.54 Å². The van der Waals surface area contributed by atoms with Crippen LogP contribution < -0.4 is 5.32 Å². The van der Waals surface area contributed by atoms with Crippen LogP contribution in [0.4, 0.5) is 0 Å². The fraction of sp³-hybridized carbons (Fsp3) is 0.871. The second-order valence-electron chi connectivity index (χ2n) is 14.0. The molecule has 5 nitrogen and oxygen atoms in total. The first-order chi connectivity index (χ1) is 17.1. The van der Waals surface area contributed by atoms with Crippen molar-refractivity contribution >= 4 is 11.8 Å². The highest BCUT2D eigenvalue weighted by Crippen LogP contribution is 2.71. The van der Waals surface area contributed by atoms with E-state index in [1.165, 1.54) is 37.7 Å². The second-order valence-corrected chi connectivity index (χ2v) is 14.0. The van der Waals surface area contributed by atoms with E-state index in [1.807, 2.05) is 0 Å². The molecule has 10 atom stereocenters. The quantitative estimate of drug-likeness (QED) is 0.473. The molecule has 0 radical (unpaired) electrons. The van der Waals surface area contributed by atoms with Crippen molar-refractivity contribution in [3.05, 3.63) is 11.3 Å². The number of rotatable bonds is 3. The molecular formula is C31H47NO4. The highest BCUT2D eigenvalue weighted by molar-refractivity contribution is 5.75. The van der Waals surface area contributed by atoms with Crippen molar-refractivity contribution in [2.45, 2.75) is 117 Å². The average Bonchev–Trinajstić information content (AvgIpc) is 3.25. The minimum Gasteiger partial charge on any atom is -0.431 e. The summed E-state index contributed by atoms with van der Waals surface area (Å²) in [6.45, 7) is 11.7. The molecule has 5 heteroatoms. The molecule has 0 aromatic rings. The highest BCUT2D eigenvalue weighted by Gasteiger charge is 2.68. The van der Waals surface area contributed by atoms with Gasteiger partial charge in [0, 0.05) is 32.2 Å². The lowest BCUT2D eigenvalue weighted by atomic mass is 9.46. The second kappa shape index (κ2) is 8.66. The molecule has 2 aliphatic heterocycles. The maximum Gasteiger partial charge on any atom is 0.307 e. The van der Waals surface area contributed by atoms with Gasteiger partial charge >= 0.3 is 5.97 Å². The van der Waals surface area contributed by atoms with Gasteiger partial charge < -0.3 is 14.3 Å². The van der Waals surface area contributed by atoms with Crippen LogP contribution in [0.2, 0.25) is 0 Å². The van der Waals surface area contributed by atoms with Crippen LogP contribution in [0.1, 0.15) is 105 Å². The van der Waals surface area contributed by atoms with Crippen LogP contribution in [0.3, 0.4) is 0 Å². The summed E-state index contributed by atoms with van der Waals surface area (Å²) in [5.41, 5.74) is 1.72. The van der Waals surface area contributed by atoms with E-state index >= 15 is 0 Å². The summed E-state index contributed by atoms with van der Waals surface area (Å²) in [5, 5.41) is 3.83. The zero-order chi connectivity index (χ0) is 25.5. The van der Waals surface area contributed by atoms with Crippen molar-refractivity contribution in [3.63, 3.8) is 0 Å². The first-order valence-corrected chi connectivity index (χ1v) is 14.9. The Kier molecular flexibility index (Phi) is 6.04. The summed E-state index contributed by atoms with van der Waals surface area (Å²) >= 11 is 0. The zero-order valence-electron chi connectivity index (χ0n) is 23.2. The number of nitrogens with one attached hydrogen (secondary N) is 1. The van der Waals surface area contributed by atoms with Crippen molar-refractivity contribution in [1.82, 2.24) is 5.32 Å². The maximum atomic E-state index is 12.1. The zero-order valence-corrected chi connectivity index (χ0v) is 23.2. The number of hydrogen-bond acceptors (Lipinski definition) is 5. The van der Waals surface area contributed by atoms with Crippen LogP contribution >= 0.6 is 0 Å². The predicted octanol–water partition coefficient (Wildman–Crippen LogP) is 6.17. The van der Waals surface area contributed by atoms with E-state index in [-0.39, 0.29) is 22.5 Å². The molecule has 0 aromatic heterocycles. The summed E-state index contributed by atoms with van der Waals surface area (Å²) in [4.78, 5) is 23.8. The van der Waals surface area contributed by atoms with Gasteiger partial charge in [-0.2, -0.15) is 0 Å². The van der Waals surface area contributed by atoms with Gasteiger partial charge in [0.05, 0.1) is 6.10 Å². The number of piperidine rings is 1. The molecule has 2 heterocycles. The van der Waals surface area contributed by atoms with Gasteiger partial charge in [-0.05, 0) is 104 Å². The first-order valence-electron chi connectivity index (χ1n) is 14.9. The minimum absolute atomic E-state index is 0.156. The number of carbonyl (C=O) groups is 2. The van der Waals surface area contributed by atoms with Crippen molar-refractivity contribution < 1.29 is 19.1 Å². The van der Waals surface area contributed by atoms with E-state index in [9.17, 15) is 9.59 Å². The summed E-state index contributed by atoms with van der Waals surface area (Å²) in [6.07, 6.45) is 12.6. The molecule has 2 saturated heterocycles. The van der Waals surface area contributed by atoms with E-state index in [4.69, 9.17) is 9.47 Å².